The Morgan fingerprint density at radius 3 is 2.52 bits per heavy atom. The number of amides is 1. The normalized spacial score (nSPS) is 10.7. The number of pyridine rings is 1. The second kappa shape index (κ2) is 7.85. The van der Waals surface area contributed by atoms with Crippen molar-refractivity contribution in [2.75, 3.05) is 13.3 Å². The molecule has 0 saturated heterocycles. The topological polar surface area (TPSA) is 33.2 Å². The van der Waals surface area contributed by atoms with Crippen molar-refractivity contribution in [1.29, 1.82) is 0 Å². The Morgan fingerprint density at radius 2 is 1.92 bits per heavy atom. The summed E-state index contributed by atoms with van der Waals surface area (Å²) < 4.78 is 0. The largest absolute Gasteiger partial charge is 0.337 e. The third kappa shape index (κ3) is 4.11. The van der Waals surface area contributed by atoms with Crippen LogP contribution in [0.25, 0.3) is 10.6 Å². The van der Waals surface area contributed by atoms with Gasteiger partial charge in [-0.2, -0.15) is 0 Å². The van der Waals surface area contributed by atoms with Crippen molar-refractivity contribution in [3.63, 3.8) is 0 Å². The van der Waals surface area contributed by atoms with Gasteiger partial charge in [-0.25, -0.2) is 0 Å². The highest BCUT2D eigenvalue weighted by molar-refractivity contribution is 7.98. The SMILES string of the molecule is CSc1ccc(CN(C)C(=O)c2ccc(-c3cccs3)nc2C)cc1. The molecular formula is C20H20N2OS2. The zero-order valence-corrected chi connectivity index (χ0v) is 16.2. The molecule has 0 spiro atoms. The molecule has 0 atom stereocenters. The fourth-order valence-corrected chi connectivity index (χ4v) is 3.73. The molecule has 3 nitrogen and oxygen atoms in total. The van der Waals surface area contributed by atoms with E-state index < -0.39 is 0 Å². The first-order valence-corrected chi connectivity index (χ1v) is 10.1. The summed E-state index contributed by atoms with van der Waals surface area (Å²) in [4.78, 5) is 21.5. The van der Waals surface area contributed by atoms with Crippen LogP contribution in [-0.2, 0) is 6.54 Å². The molecule has 1 amide bonds. The van der Waals surface area contributed by atoms with E-state index in [9.17, 15) is 4.79 Å². The number of hydrogen-bond donors (Lipinski definition) is 0. The van der Waals surface area contributed by atoms with Crippen LogP contribution in [0.15, 0.2) is 58.8 Å². The first-order chi connectivity index (χ1) is 12.1. The van der Waals surface area contributed by atoms with E-state index in [-0.39, 0.29) is 5.91 Å². The maximum Gasteiger partial charge on any atom is 0.255 e. The minimum atomic E-state index is -0.00308. The Labute approximate surface area is 156 Å². The highest BCUT2D eigenvalue weighted by atomic mass is 32.2. The maximum absolute atomic E-state index is 12.8. The lowest BCUT2D eigenvalue weighted by atomic mass is 10.1. The van der Waals surface area contributed by atoms with E-state index in [2.05, 4.69) is 35.5 Å². The summed E-state index contributed by atoms with van der Waals surface area (Å²) in [6.45, 7) is 2.48. The Kier molecular flexibility index (Phi) is 5.56. The number of aromatic nitrogens is 1. The van der Waals surface area contributed by atoms with Gasteiger partial charge in [0.1, 0.15) is 0 Å². The van der Waals surface area contributed by atoms with Gasteiger partial charge in [-0.15, -0.1) is 23.1 Å². The van der Waals surface area contributed by atoms with E-state index in [1.54, 1.807) is 28.0 Å². The second-order valence-corrected chi connectivity index (χ2v) is 7.64. The van der Waals surface area contributed by atoms with E-state index in [1.807, 2.05) is 43.6 Å². The molecule has 2 heterocycles. The van der Waals surface area contributed by atoms with E-state index in [1.165, 1.54) is 4.90 Å². The summed E-state index contributed by atoms with van der Waals surface area (Å²) >= 11 is 3.36. The van der Waals surface area contributed by atoms with E-state index >= 15 is 0 Å². The molecule has 3 aromatic rings. The minimum Gasteiger partial charge on any atom is -0.337 e. The van der Waals surface area contributed by atoms with Crippen LogP contribution in [-0.4, -0.2) is 29.1 Å². The molecule has 5 heteroatoms. The number of carbonyl (C=O) groups excluding carboxylic acids is 1. The number of thioether (sulfide) groups is 1. The highest BCUT2D eigenvalue weighted by Crippen LogP contribution is 2.24. The Balaban J connectivity index is 1.75. The van der Waals surface area contributed by atoms with Gasteiger partial charge in [0.25, 0.3) is 5.91 Å². The van der Waals surface area contributed by atoms with Crippen molar-refractivity contribution in [1.82, 2.24) is 9.88 Å². The molecule has 0 aliphatic carbocycles. The fraction of sp³-hybridized carbons (Fsp3) is 0.200. The zero-order valence-electron chi connectivity index (χ0n) is 14.5. The van der Waals surface area contributed by atoms with E-state index in [0.717, 1.165) is 21.8 Å². The summed E-state index contributed by atoms with van der Waals surface area (Å²) in [6, 6.07) is 16.2. The van der Waals surface area contributed by atoms with Gasteiger partial charge in [0.15, 0.2) is 0 Å². The molecule has 0 radical (unpaired) electrons. The Hall–Kier alpha value is -2.11. The van der Waals surface area contributed by atoms with Crippen molar-refractivity contribution in [3.05, 3.63) is 70.7 Å². The van der Waals surface area contributed by atoms with Crippen molar-refractivity contribution in [3.8, 4) is 10.6 Å². The van der Waals surface area contributed by atoms with Crippen LogP contribution in [0, 0.1) is 6.92 Å². The number of nitrogens with zero attached hydrogens (tertiary/aromatic N) is 2. The van der Waals surface area contributed by atoms with Crippen LogP contribution in [0.2, 0.25) is 0 Å². The molecule has 0 unspecified atom stereocenters. The van der Waals surface area contributed by atoms with Crippen LogP contribution in [0.1, 0.15) is 21.6 Å². The number of aryl methyl sites for hydroxylation is 1. The number of benzene rings is 1. The Bertz CT molecular complexity index is 858. The first kappa shape index (κ1) is 17.7. The monoisotopic (exact) mass is 368 g/mol. The van der Waals surface area contributed by atoms with Crippen molar-refractivity contribution in [2.24, 2.45) is 0 Å². The molecule has 0 saturated carbocycles. The maximum atomic E-state index is 12.8. The van der Waals surface area contributed by atoms with Crippen LogP contribution in [0.3, 0.4) is 0 Å². The molecule has 1 aromatic carbocycles. The highest BCUT2D eigenvalue weighted by Gasteiger charge is 2.16. The lowest BCUT2D eigenvalue weighted by Gasteiger charge is -2.18. The van der Waals surface area contributed by atoms with Crippen molar-refractivity contribution < 1.29 is 4.79 Å². The lowest BCUT2D eigenvalue weighted by molar-refractivity contribution is 0.0784. The molecule has 0 N–H and O–H groups in total. The molecule has 3 rings (SSSR count). The standard InChI is InChI=1S/C20H20N2OS2/c1-14-17(10-11-18(21-14)19-5-4-12-25-19)20(23)22(2)13-15-6-8-16(24-3)9-7-15/h4-12H,13H2,1-3H3. The number of rotatable bonds is 5. The van der Waals surface area contributed by atoms with Crippen molar-refractivity contribution in [2.45, 2.75) is 18.4 Å². The summed E-state index contributed by atoms with van der Waals surface area (Å²) in [7, 11) is 1.83. The van der Waals surface area contributed by atoms with Gasteiger partial charge in [-0.05, 0) is 54.5 Å². The number of hydrogen-bond acceptors (Lipinski definition) is 4. The third-order valence-corrected chi connectivity index (χ3v) is 5.65. The summed E-state index contributed by atoms with van der Waals surface area (Å²) in [5.74, 6) is -0.00308. The molecule has 0 aliphatic heterocycles. The van der Waals surface area contributed by atoms with Gasteiger partial charge in [0.2, 0.25) is 0 Å². The van der Waals surface area contributed by atoms with Crippen LogP contribution >= 0.6 is 23.1 Å². The predicted octanol–water partition coefficient (Wildman–Crippen LogP) is 5.11. The lowest BCUT2D eigenvalue weighted by Crippen LogP contribution is -2.27. The van der Waals surface area contributed by atoms with Gasteiger partial charge < -0.3 is 4.90 Å². The fourth-order valence-electron chi connectivity index (χ4n) is 2.63. The van der Waals surface area contributed by atoms with E-state index in [0.29, 0.717) is 12.1 Å². The average Bonchev–Trinajstić information content (AvgIpc) is 3.16. The molecule has 2 aromatic heterocycles. The second-order valence-electron chi connectivity index (χ2n) is 5.82. The van der Waals surface area contributed by atoms with E-state index in [4.69, 9.17) is 0 Å². The number of thiophene rings is 1. The van der Waals surface area contributed by atoms with Crippen LogP contribution < -0.4 is 0 Å². The third-order valence-electron chi connectivity index (χ3n) is 4.02. The summed E-state index contributed by atoms with van der Waals surface area (Å²) in [5.41, 5.74) is 3.46. The van der Waals surface area contributed by atoms with Gasteiger partial charge in [0.05, 0.1) is 21.8 Å². The Morgan fingerprint density at radius 1 is 1.16 bits per heavy atom. The number of carbonyl (C=O) groups is 1. The molecule has 128 valence electrons. The minimum absolute atomic E-state index is 0.00308. The van der Waals surface area contributed by atoms with Gasteiger partial charge >= 0.3 is 0 Å². The van der Waals surface area contributed by atoms with Crippen LogP contribution in [0.5, 0.6) is 0 Å². The summed E-state index contributed by atoms with van der Waals surface area (Å²) in [5, 5.41) is 2.03. The molecular weight excluding hydrogens is 348 g/mol. The first-order valence-electron chi connectivity index (χ1n) is 7.98. The van der Waals surface area contributed by atoms with Crippen LogP contribution in [0.4, 0.5) is 0 Å². The molecule has 0 bridgehead atoms. The summed E-state index contributed by atoms with van der Waals surface area (Å²) in [6.07, 6.45) is 2.06. The quantitative estimate of drug-likeness (QED) is 0.587. The zero-order chi connectivity index (χ0) is 17.8. The molecule has 0 aliphatic rings. The van der Waals surface area contributed by atoms with Crippen molar-refractivity contribution >= 4 is 29.0 Å². The molecule has 0 fully saturated rings. The van der Waals surface area contributed by atoms with Gasteiger partial charge in [-0.3, -0.25) is 9.78 Å². The average molecular weight is 369 g/mol. The van der Waals surface area contributed by atoms with Gasteiger partial charge in [0, 0.05) is 18.5 Å². The smallest absolute Gasteiger partial charge is 0.255 e. The predicted molar refractivity (Wildman–Crippen MR) is 106 cm³/mol. The van der Waals surface area contributed by atoms with Gasteiger partial charge in [-0.1, -0.05) is 18.2 Å². The molecule has 25 heavy (non-hydrogen) atoms.